The number of carbonyl (C=O) groups excluding carboxylic acids is 2. The molecule has 0 unspecified atom stereocenters. The molecule has 164 valence electrons. The van der Waals surface area contributed by atoms with Crippen LogP contribution in [0.1, 0.15) is 19.8 Å². The van der Waals surface area contributed by atoms with E-state index in [9.17, 15) is 18.0 Å². The highest BCUT2D eigenvalue weighted by atomic mass is 32.2. The minimum Gasteiger partial charge on any atom is -0.334 e. The lowest BCUT2D eigenvalue weighted by Gasteiger charge is -2.11. The topological polar surface area (TPSA) is 113 Å². The number of benzene rings is 1. The number of amides is 3. The van der Waals surface area contributed by atoms with E-state index in [4.69, 9.17) is 0 Å². The van der Waals surface area contributed by atoms with Crippen LogP contribution in [0.5, 0.6) is 0 Å². The van der Waals surface area contributed by atoms with E-state index in [1.165, 1.54) is 31.9 Å². The Bertz CT molecular complexity index is 1030. The summed E-state index contributed by atoms with van der Waals surface area (Å²) >= 11 is 1.20. The molecule has 3 amide bonds. The molecule has 1 aromatic carbocycles. The predicted octanol–water partition coefficient (Wildman–Crippen LogP) is 2.19. The number of nitrogens with one attached hydrogen (secondary N) is 2. The number of fused-ring (bicyclic) bond motifs is 1. The zero-order chi connectivity index (χ0) is 22.3. The van der Waals surface area contributed by atoms with Gasteiger partial charge in [-0.3, -0.25) is 10.1 Å². The summed E-state index contributed by atoms with van der Waals surface area (Å²) in [5.74, 6) is -0.452. The summed E-state index contributed by atoms with van der Waals surface area (Å²) < 4.78 is 28.0. The minimum atomic E-state index is -3.57. The van der Waals surface area contributed by atoms with Gasteiger partial charge in [0.1, 0.15) is 0 Å². The van der Waals surface area contributed by atoms with Gasteiger partial charge in [-0.1, -0.05) is 31.2 Å². The molecule has 0 radical (unpaired) electrons. The van der Waals surface area contributed by atoms with Gasteiger partial charge in [0.15, 0.2) is 5.16 Å². The first-order valence-corrected chi connectivity index (χ1v) is 11.9. The molecule has 11 heteroatoms. The summed E-state index contributed by atoms with van der Waals surface area (Å²) in [7, 11) is -0.621. The van der Waals surface area contributed by atoms with Crippen molar-refractivity contribution in [1.82, 2.24) is 24.5 Å². The van der Waals surface area contributed by atoms with Gasteiger partial charge in [0.05, 0.1) is 21.7 Å². The van der Waals surface area contributed by atoms with E-state index in [2.05, 4.69) is 29.1 Å². The number of urea groups is 1. The molecule has 0 saturated carbocycles. The number of sulfonamides is 1. The van der Waals surface area contributed by atoms with Crippen molar-refractivity contribution in [2.24, 2.45) is 0 Å². The Morgan fingerprint density at radius 1 is 1.33 bits per heavy atom. The van der Waals surface area contributed by atoms with Gasteiger partial charge in [-0.25, -0.2) is 22.5 Å². The van der Waals surface area contributed by atoms with Gasteiger partial charge in [-0.2, -0.15) is 0 Å². The molecule has 0 bridgehead atoms. The van der Waals surface area contributed by atoms with Gasteiger partial charge in [0.25, 0.3) is 0 Å². The molecule has 2 aromatic rings. The maximum absolute atomic E-state index is 12.4. The fraction of sp³-hybridized carbons (Fsp3) is 0.421. The van der Waals surface area contributed by atoms with E-state index in [1.807, 2.05) is 4.57 Å². The third-order valence-electron chi connectivity index (χ3n) is 4.19. The summed E-state index contributed by atoms with van der Waals surface area (Å²) in [5, 5.41) is 5.31. The summed E-state index contributed by atoms with van der Waals surface area (Å²) in [4.78, 5) is 28.3. The highest BCUT2D eigenvalue weighted by molar-refractivity contribution is 7.99. The van der Waals surface area contributed by atoms with Crippen molar-refractivity contribution < 1.29 is 18.0 Å². The molecule has 30 heavy (non-hydrogen) atoms. The molecule has 0 spiro atoms. The average Bonchev–Trinajstić information content (AvgIpc) is 3.05. The maximum Gasteiger partial charge on any atom is 0.321 e. The number of hydrogen-bond acceptors (Lipinski definition) is 6. The number of carbonyl (C=O) groups is 2. The first-order chi connectivity index (χ1) is 14.2. The first kappa shape index (κ1) is 23.9. The molecule has 2 N–H and O–H groups in total. The van der Waals surface area contributed by atoms with Crippen LogP contribution in [0.2, 0.25) is 0 Å². The SMILES string of the molecule is C=CCNC(=O)NC(=O)CSc1nc2cc(S(=O)(=O)N(C)C)ccc2n1CCCC. The van der Waals surface area contributed by atoms with Crippen LogP contribution in [0.25, 0.3) is 11.0 Å². The molecule has 0 saturated heterocycles. The Labute approximate surface area is 181 Å². The first-order valence-electron chi connectivity index (χ1n) is 9.44. The van der Waals surface area contributed by atoms with Gasteiger partial charge in [0, 0.05) is 27.2 Å². The van der Waals surface area contributed by atoms with Crippen LogP contribution in [0.15, 0.2) is 40.9 Å². The summed E-state index contributed by atoms with van der Waals surface area (Å²) in [6.45, 7) is 6.52. The number of imide groups is 1. The van der Waals surface area contributed by atoms with E-state index in [0.29, 0.717) is 17.2 Å². The molecular weight excluding hydrogens is 426 g/mol. The van der Waals surface area contributed by atoms with E-state index in [-0.39, 0.29) is 17.2 Å². The van der Waals surface area contributed by atoms with Crippen LogP contribution in [-0.2, 0) is 21.4 Å². The Hall–Kier alpha value is -2.37. The average molecular weight is 454 g/mol. The lowest BCUT2D eigenvalue weighted by molar-refractivity contribution is -0.117. The molecule has 0 atom stereocenters. The highest BCUT2D eigenvalue weighted by Gasteiger charge is 2.20. The second-order valence-corrected chi connectivity index (χ2v) is 9.77. The van der Waals surface area contributed by atoms with Crippen molar-refractivity contribution in [3.8, 4) is 0 Å². The molecule has 0 aliphatic rings. The second-order valence-electron chi connectivity index (χ2n) is 6.67. The number of unbranched alkanes of at least 4 members (excludes halogenated alkanes) is 1. The zero-order valence-corrected chi connectivity index (χ0v) is 19.0. The lowest BCUT2D eigenvalue weighted by atomic mass is 10.3. The van der Waals surface area contributed by atoms with Gasteiger partial charge < -0.3 is 9.88 Å². The number of rotatable bonds is 10. The number of thioether (sulfide) groups is 1. The summed E-state index contributed by atoms with van der Waals surface area (Å²) in [6.07, 6.45) is 3.40. The standard InChI is InChI=1S/C19H27N5O4S2/c1-5-7-11-24-16-9-8-14(30(27,28)23(3)4)12-15(16)21-19(24)29-13-17(25)22-18(26)20-10-6-2/h6,8-9,12H,2,5,7,10-11,13H2,1,3-4H3,(H2,20,22,25,26). The Morgan fingerprint density at radius 2 is 2.07 bits per heavy atom. The van der Waals surface area contributed by atoms with Crippen LogP contribution < -0.4 is 10.6 Å². The lowest BCUT2D eigenvalue weighted by Crippen LogP contribution is -2.40. The van der Waals surface area contributed by atoms with E-state index in [0.717, 1.165) is 22.7 Å². The largest absolute Gasteiger partial charge is 0.334 e. The molecule has 0 aliphatic heterocycles. The van der Waals surface area contributed by atoms with Crippen LogP contribution >= 0.6 is 11.8 Å². The fourth-order valence-corrected chi connectivity index (χ4v) is 4.37. The van der Waals surface area contributed by atoms with Crippen molar-refractivity contribution in [1.29, 1.82) is 0 Å². The Balaban J connectivity index is 2.26. The summed E-state index contributed by atoms with van der Waals surface area (Å²) in [5.41, 5.74) is 1.34. The molecule has 0 fully saturated rings. The zero-order valence-electron chi connectivity index (χ0n) is 17.3. The van der Waals surface area contributed by atoms with Crippen molar-refractivity contribution in [2.45, 2.75) is 36.4 Å². The highest BCUT2D eigenvalue weighted by Crippen LogP contribution is 2.27. The van der Waals surface area contributed by atoms with Gasteiger partial charge in [-0.15, -0.1) is 6.58 Å². The molecule has 1 heterocycles. The maximum atomic E-state index is 12.4. The predicted molar refractivity (Wildman–Crippen MR) is 118 cm³/mol. The van der Waals surface area contributed by atoms with E-state index < -0.39 is 22.0 Å². The monoisotopic (exact) mass is 453 g/mol. The molecule has 1 aromatic heterocycles. The molecule has 0 aliphatic carbocycles. The number of hydrogen-bond donors (Lipinski definition) is 2. The van der Waals surface area contributed by atoms with Crippen LogP contribution in [0.3, 0.4) is 0 Å². The van der Waals surface area contributed by atoms with Crippen molar-refractivity contribution in [3.05, 3.63) is 30.9 Å². The number of imidazole rings is 1. The normalized spacial score (nSPS) is 11.6. The smallest absolute Gasteiger partial charge is 0.321 e. The van der Waals surface area contributed by atoms with Crippen molar-refractivity contribution in [2.75, 3.05) is 26.4 Å². The number of aromatic nitrogens is 2. The molecule has 9 nitrogen and oxygen atoms in total. The third-order valence-corrected chi connectivity index (χ3v) is 6.98. The van der Waals surface area contributed by atoms with Crippen LogP contribution in [-0.4, -0.2) is 60.6 Å². The minimum absolute atomic E-state index is 0.000189. The molecule has 2 rings (SSSR count). The Morgan fingerprint density at radius 3 is 2.70 bits per heavy atom. The number of aryl methyl sites for hydroxylation is 1. The van der Waals surface area contributed by atoms with Crippen LogP contribution in [0.4, 0.5) is 4.79 Å². The number of nitrogens with zero attached hydrogens (tertiary/aromatic N) is 3. The Kier molecular flexibility index (Phi) is 8.44. The van der Waals surface area contributed by atoms with Crippen molar-refractivity contribution in [3.63, 3.8) is 0 Å². The van der Waals surface area contributed by atoms with Gasteiger partial charge >= 0.3 is 6.03 Å². The molecular formula is C19H27N5O4S2. The van der Waals surface area contributed by atoms with E-state index >= 15 is 0 Å². The van der Waals surface area contributed by atoms with Crippen molar-refractivity contribution >= 4 is 44.8 Å². The van der Waals surface area contributed by atoms with Gasteiger partial charge in [0.2, 0.25) is 15.9 Å². The quantitative estimate of drug-likeness (QED) is 0.421. The van der Waals surface area contributed by atoms with Crippen LogP contribution in [0, 0.1) is 0 Å². The summed E-state index contributed by atoms with van der Waals surface area (Å²) in [6, 6.07) is 4.26. The second kappa shape index (κ2) is 10.6. The van der Waals surface area contributed by atoms with Gasteiger partial charge in [-0.05, 0) is 24.6 Å². The van der Waals surface area contributed by atoms with E-state index in [1.54, 1.807) is 18.2 Å². The third kappa shape index (κ3) is 5.83. The fourth-order valence-electron chi connectivity index (χ4n) is 2.60.